The van der Waals surface area contributed by atoms with E-state index in [1.165, 1.54) is 22.3 Å². The van der Waals surface area contributed by atoms with Gasteiger partial charge in [-0.1, -0.05) is 24.3 Å². The maximum Gasteiger partial charge on any atom is 0.261 e. The highest BCUT2D eigenvalue weighted by Crippen LogP contribution is 2.17. The lowest BCUT2D eigenvalue weighted by atomic mass is 10.1. The molecule has 3 aromatic rings. The Hall–Kier alpha value is -2.60. The van der Waals surface area contributed by atoms with Crippen molar-refractivity contribution in [3.8, 4) is 0 Å². The molecule has 24 heavy (non-hydrogen) atoms. The fourth-order valence-electron chi connectivity index (χ4n) is 2.55. The molecule has 2 aromatic heterocycles. The second-order valence-corrected chi connectivity index (χ2v) is 6.52. The lowest BCUT2D eigenvalue weighted by molar-refractivity contribution is -0.122. The molecule has 0 aliphatic rings. The number of hydrogen-bond donors (Lipinski definition) is 3. The first-order valence-corrected chi connectivity index (χ1v) is 8.70. The number of hydrogen-bond acceptors (Lipinski definition) is 3. The topological polar surface area (TPSA) is 74.0 Å². The number of H-pyrrole nitrogens is 1. The van der Waals surface area contributed by atoms with Crippen LogP contribution in [-0.4, -0.2) is 29.4 Å². The number of aromatic amines is 1. The summed E-state index contributed by atoms with van der Waals surface area (Å²) in [7, 11) is 0. The lowest BCUT2D eigenvalue weighted by Gasteiger charge is -2.13. The van der Waals surface area contributed by atoms with Gasteiger partial charge in [0.1, 0.15) is 6.04 Å². The van der Waals surface area contributed by atoms with Gasteiger partial charge in [-0.2, -0.15) is 0 Å². The maximum atomic E-state index is 12.1. The van der Waals surface area contributed by atoms with Crippen molar-refractivity contribution in [2.24, 2.45) is 0 Å². The molecule has 0 saturated carbocycles. The minimum atomic E-state index is -0.567. The Morgan fingerprint density at radius 1 is 1.21 bits per heavy atom. The second-order valence-electron chi connectivity index (χ2n) is 5.57. The summed E-state index contributed by atoms with van der Waals surface area (Å²) in [5, 5.41) is 8.59. The fraction of sp³-hybridized carbons (Fsp3) is 0.222. The number of rotatable bonds is 6. The number of carbonyl (C=O) groups excluding carboxylic acids is 2. The minimum Gasteiger partial charge on any atom is -0.361 e. The van der Waals surface area contributed by atoms with Crippen LogP contribution in [0.2, 0.25) is 0 Å². The van der Waals surface area contributed by atoms with Crippen molar-refractivity contribution >= 4 is 34.1 Å². The van der Waals surface area contributed by atoms with E-state index >= 15 is 0 Å². The Labute approximate surface area is 144 Å². The van der Waals surface area contributed by atoms with E-state index in [2.05, 4.69) is 21.7 Å². The first-order chi connectivity index (χ1) is 11.6. The standard InChI is InChI=1S/C18H19N3O2S/c1-12(21-18(23)16-7-4-10-24-16)17(22)19-9-8-13-11-20-15-6-3-2-5-14(13)15/h2-7,10-12,20H,8-9H2,1H3,(H,19,22)(H,21,23). The number of para-hydroxylation sites is 1. The van der Waals surface area contributed by atoms with Crippen molar-refractivity contribution in [1.82, 2.24) is 15.6 Å². The van der Waals surface area contributed by atoms with Gasteiger partial charge in [-0.25, -0.2) is 0 Å². The van der Waals surface area contributed by atoms with Crippen molar-refractivity contribution in [1.29, 1.82) is 0 Å². The molecule has 1 atom stereocenters. The summed E-state index contributed by atoms with van der Waals surface area (Å²) < 4.78 is 0. The maximum absolute atomic E-state index is 12.1. The molecule has 0 aliphatic carbocycles. The Morgan fingerprint density at radius 2 is 2.04 bits per heavy atom. The number of fused-ring (bicyclic) bond motifs is 1. The van der Waals surface area contributed by atoms with Gasteiger partial charge in [0, 0.05) is 23.6 Å². The molecule has 0 radical (unpaired) electrons. The van der Waals surface area contributed by atoms with Crippen LogP contribution in [-0.2, 0) is 11.2 Å². The van der Waals surface area contributed by atoms with Crippen LogP contribution in [0.3, 0.4) is 0 Å². The predicted octanol–water partition coefficient (Wildman–Crippen LogP) is 2.71. The zero-order chi connectivity index (χ0) is 16.9. The van der Waals surface area contributed by atoms with Crippen LogP contribution in [0.5, 0.6) is 0 Å². The van der Waals surface area contributed by atoms with E-state index in [1.54, 1.807) is 13.0 Å². The van der Waals surface area contributed by atoms with E-state index in [-0.39, 0.29) is 11.8 Å². The lowest BCUT2D eigenvalue weighted by Crippen LogP contribution is -2.45. The zero-order valence-corrected chi connectivity index (χ0v) is 14.2. The van der Waals surface area contributed by atoms with E-state index < -0.39 is 6.04 Å². The van der Waals surface area contributed by atoms with Crippen LogP contribution in [0.25, 0.3) is 10.9 Å². The quantitative estimate of drug-likeness (QED) is 0.645. The SMILES string of the molecule is CC(NC(=O)c1cccs1)C(=O)NCCc1c[nH]c2ccccc12. The zero-order valence-electron chi connectivity index (χ0n) is 13.3. The third-order valence-corrected chi connectivity index (χ3v) is 4.72. The van der Waals surface area contributed by atoms with Gasteiger partial charge in [-0.3, -0.25) is 9.59 Å². The second kappa shape index (κ2) is 7.31. The van der Waals surface area contributed by atoms with Crippen LogP contribution in [0.15, 0.2) is 48.0 Å². The minimum absolute atomic E-state index is 0.181. The molecule has 3 N–H and O–H groups in total. The average molecular weight is 341 g/mol. The Morgan fingerprint density at radius 3 is 2.83 bits per heavy atom. The summed E-state index contributed by atoms with van der Waals surface area (Å²) in [5.74, 6) is -0.399. The molecule has 0 saturated heterocycles. The first-order valence-electron chi connectivity index (χ1n) is 7.82. The summed E-state index contributed by atoms with van der Waals surface area (Å²) in [5.41, 5.74) is 2.26. The third-order valence-electron chi connectivity index (χ3n) is 3.85. The molecule has 2 heterocycles. The van der Waals surface area contributed by atoms with E-state index in [0.29, 0.717) is 11.4 Å². The summed E-state index contributed by atoms with van der Waals surface area (Å²) >= 11 is 1.35. The summed E-state index contributed by atoms with van der Waals surface area (Å²) in [6.45, 7) is 2.21. The fourth-order valence-corrected chi connectivity index (χ4v) is 3.18. The van der Waals surface area contributed by atoms with Crippen molar-refractivity contribution in [3.63, 3.8) is 0 Å². The summed E-state index contributed by atoms with van der Waals surface area (Å²) in [4.78, 5) is 27.9. The highest BCUT2D eigenvalue weighted by Gasteiger charge is 2.16. The average Bonchev–Trinajstić information content (AvgIpc) is 3.24. The van der Waals surface area contributed by atoms with Gasteiger partial charge < -0.3 is 15.6 Å². The Bertz CT molecular complexity index is 839. The van der Waals surface area contributed by atoms with Gasteiger partial charge in [-0.15, -0.1) is 11.3 Å². The number of aromatic nitrogens is 1. The van der Waals surface area contributed by atoms with Gasteiger partial charge in [0.15, 0.2) is 0 Å². The molecule has 2 amide bonds. The van der Waals surface area contributed by atoms with Crippen LogP contribution in [0.1, 0.15) is 22.2 Å². The van der Waals surface area contributed by atoms with Crippen LogP contribution < -0.4 is 10.6 Å². The monoisotopic (exact) mass is 341 g/mol. The molecule has 0 fully saturated rings. The van der Waals surface area contributed by atoms with Gasteiger partial charge >= 0.3 is 0 Å². The highest BCUT2D eigenvalue weighted by molar-refractivity contribution is 7.12. The van der Waals surface area contributed by atoms with E-state index in [1.807, 2.05) is 35.8 Å². The largest absolute Gasteiger partial charge is 0.361 e. The van der Waals surface area contributed by atoms with Crippen molar-refractivity contribution in [2.45, 2.75) is 19.4 Å². The number of amides is 2. The molecule has 1 unspecified atom stereocenters. The molecule has 0 bridgehead atoms. The number of nitrogens with one attached hydrogen (secondary N) is 3. The summed E-state index contributed by atoms with van der Waals surface area (Å²) in [6, 6.07) is 11.1. The molecule has 5 nitrogen and oxygen atoms in total. The van der Waals surface area contributed by atoms with E-state index in [9.17, 15) is 9.59 Å². The highest BCUT2D eigenvalue weighted by atomic mass is 32.1. The van der Waals surface area contributed by atoms with Crippen molar-refractivity contribution in [2.75, 3.05) is 6.54 Å². The number of benzene rings is 1. The van der Waals surface area contributed by atoms with Crippen molar-refractivity contribution in [3.05, 3.63) is 58.4 Å². The van der Waals surface area contributed by atoms with Crippen molar-refractivity contribution < 1.29 is 9.59 Å². The Kier molecular flexibility index (Phi) is 4.96. The molecule has 0 aliphatic heterocycles. The number of thiophene rings is 1. The third kappa shape index (κ3) is 3.65. The van der Waals surface area contributed by atoms with Crippen LogP contribution in [0, 0.1) is 0 Å². The molecule has 3 rings (SSSR count). The molecule has 124 valence electrons. The van der Waals surface area contributed by atoms with E-state index in [4.69, 9.17) is 0 Å². The van der Waals surface area contributed by atoms with Gasteiger partial charge in [0.2, 0.25) is 5.91 Å². The Balaban J connectivity index is 1.49. The first kappa shape index (κ1) is 16.3. The molecule has 6 heteroatoms. The normalized spacial score (nSPS) is 12.0. The molecule has 0 spiro atoms. The summed E-state index contributed by atoms with van der Waals surface area (Å²) in [6.07, 6.45) is 2.71. The predicted molar refractivity (Wildman–Crippen MR) is 96.3 cm³/mol. The van der Waals surface area contributed by atoms with Crippen LogP contribution >= 0.6 is 11.3 Å². The molecular formula is C18H19N3O2S. The van der Waals surface area contributed by atoms with E-state index in [0.717, 1.165) is 11.9 Å². The van der Waals surface area contributed by atoms with Gasteiger partial charge in [0.05, 0.1) is 4.88 Å². The van der Waals surface area contributed by atoms with Gasteiger partial charge in [-0.05, 0) is 36.4 Å². The number of carbonyl (C=O) groups is 2. The smallest absolute Gasteiger partial charge is 0.261 e. The molecular weight excluding hydrogens is 322 g/mol. The molecule has 1 aromatic carbocycles. The van der Waals surface area contributed by atoms with Crippen LogP contribution in [0.4, 0.5) is 0 Å². The van der Waals surface area contributed by atoms with Gasteiger partial charge in [0.25, 0.3) is 5.91 Å².